The SMILES string of the molecule is Nc1cccc(Cl)c1-c1nncn1-c1ccccc1. The van der Waals surface area contributed by atoms with Gasteiger partial charge in [-0.25, -0.2) is 0 Å². The first-order valence-corrected chi connectivity index (χ1v) is 6.15. The maximum absolute atomic E-state index is 6.22. The van der Waals surface area contributed by atoms with Crippen molar-refractivity contribution in [1.29, 1.82) is 0 Å². The minimum atomic E-state index is 0.560. The fraction of sp³-hybridized carbons (Fsp3) is 0. The van der Waals surface area contributed by atoms with Crippen LogP contribution in [0.1, 0.15) is 0 Å². The van der Waals surface area contributed by atoms with E-state index in [9.17, 15) is 0 Å². The van der Waals surface area contributed by atoms with Crippen LogP contribution in [0.15, 0.2) is 54.9 Å². The molecule has 0 saturated heterocycles. The van der Waals surface area contributed by atoms with E-state index in [1.165, 1.54) is 0 Å². The van der Waals surface area contributed by atoms with Gasteiger partial charge in [-0.15, -0.1) is 10.2 Å². The van der Waals surface area contributed by atoms with Crippen LogP contribution in [0.2, 0.25) is 5.02 Å². The summed E-state index contributed by atoms with van der Waals surface area (Å²) in [5.74, 6) is 0.634. The molecule has 2 N–H and O–H groups in total. The normalized spacial score (nSPS) is 10.6. The van der Waals surface area contributed by atoms with Gasteiger partial charge < -0.3 is 5.73 Å². The van der Waals surface area contributed by atoms with Crippen molar-refractivity contribution >= 4 is 17.3 Å². The molecule has 0 atom stereocenters. The van der Waals surface area contributed by atoms with Crippen molar-refractivity contribution < 1.29 is 0 Å². The van der Waals surface area contributed by atoms with Crippen molar-refractivity contribution in [2.24, 2.45) is 0 Å². The smallest absolute Gasteiger partial charge is 0.171 e. The second-order valence-electron chi connectivity index (χ2n) is 4.06. The lowest BCUT2D eigenvalue weighted by molar-refractivity contribution is 1.06. The Labute approximate surface area is 115 Å². The van der Waals surface area contributed by atoms with Crippen LogP contribution in [0.25, 0.3) is 17.1 Å². The van der Waals surface area contributed by atoms with Gasteiger partial charge >= 0.3 is 0 Å². The quantitative estimate of drug-likeness (QED) is 0.728. The highest BCUT2D eigenvalue weighted by Gasteiger charge is 2.14. The molecule has 0 spiro atoms. The van der Waals surface area contributed by atoms with Gasteiger partial charge in [0, 0.05) is 11.4 Å². The van der Waals surface area contributed by atoms with Crippen LogP contribution in [0, 0.1) is 0 Å². The van der Waals surface area contributed by atoms with Crippen molar-refractivity contribution in [1.82, 2.24) is 14.8 Å². The highest BCUT2D eigenvalue weighted by atomic mass is 35.5. The molecule has 5 heteroatoms. The predicted molar refractivity (Wildman–Crippen MR) is 76.2 cm³/mol. The van der Waals surface area contributed by atoms with Crippen LogP contribution in [0.4, 0.5) is 5.69 Å². The van der Waals surface area contributed by atoms with Gasteiger partial charge in [0.25, 0.3) is 0 Å². The molecule has 3 rings (SSSR count). The fourth-order valence-corrected chi connectivity index (χ4v) is 2.23. The minimum Gasteiger partial charge on any atom is -0.398 e. The van der Waals surface area contributed by atoms with Gasteiger partial charge in [0.05, 0.1) is 10.6 Å². The number of para-hydroxylation sites is 1. The average molecular weight is 271 g/mol. The lowest BCUT2D eigenvalue weighted by atomic mass is 10.1. The number of nitrogens with zero attached hydrogens (tertiary/aromatic N) is 3. The molecule has 19 heavy (non-hydrogen) atoms. The molecule has 0 aliphatic rings. The standard InChI is InChI=1S/C14H11ClN4/c15-11-7-4-8-12(16)13(11)14-18-17-9-19(14)10-5-2-1-3-6-10/h1-9H,16H2. The molecule has 0 aliphatic carbocycles. The molecule has 0 bridgehead atoms. The number of hydrogen-bond acceptors (Lipinski definition) is 3. The molecule has 0 aliphatic heterocycles. The van der Waals surface area contributed by atoms with Crippen molar-refractivity contribution in [3.05, 3.63) is 59.9 Å². The van der Waals surface area contributed by atoms with Crippen molar-refractivity contribution in [2.75, 3.05) is 5.73 Å². The topological polar surface area (TPSA) is 56.7 Å². The summed E-state index contributed by atoms with van der Waals surface area (Å²) in [6.45, 7) is 0. The Morgan fingerprint density at radius 2 is 1.79 bits per heavy atom. The second kappa shape index (κ2) is 4.74. The zero-order chi connectivity index (χ0) is 13.2. The number of halogens is 1. The van der Waals surface area contributed by atoms with E-state index in [1.807, 2.05) is 41.0 Å². The summed E-state index contributed by atoms with van der Waals surface area (Å²) < 4.78 is 1.86. The van der Waals surface area contributed by atoms with Gasteiger partial charge in [0.15, 0.2) is 5.82 Å². The van der Waals surface area contributed by atoms with Crippen LogP contribution in [-0.4, -0.2) is 14.8 Å². The first-order chi connectivity index (χ1) is 9.27. The Hall–Kier alpha value is -2.33. The number of rotatable bonds is 2. The first-order valence-electron chi connectivity index (χ1n) is 5.77. The van der Waals surface area contributed by atoms with E-state index in [-0.39, 0.29) is 0 Å². The molecule has 0 fully saturated rings. The third kappa shape index (κ3) is 2.06. The van der Waals surface area contributed by atoms with Crippen LogP contribution < -0.4 is 5.73 Å². The summed E-state index contributed by atoms with van der Waals surface area (Å²) in [6.07, 6.45) is 1.65. The van der Waals surface area contributed by atoms with Gasteiger partial charge in [-0.3, -0.25) is 4.57 Å². The number of benzene rings is 2. The monoisotopic (exact) mass is 270 g/mol. The summed E-state index contributed by atoms with van der Waals surface area (Å²) in [7, 11) is 0. The zero-order valence-corrected chi connectivity index (χ0v) is 10.7. The highest BCUT2D eigenvalue weighted by molar-refractivity contribution is 6.33. The fourth-order valence-electron chi connectivity index (χ4n) is 1.96. The third-order valence-corrected chi connectivity index (χ3v) is 3.17. The summed E-state index contributed by atoms with van der Waals surface area (Å²) in [5.41, 5.74) is 8.23. The molecule has 0 saturated carbocycles. The molecule has 0 unspecified atom stereocenters. The summed E-state index contributed by atoms with van der Waals surface area (Å²) >= 11 is 6.22. The van der Waals surface area contributed by atoms with E-state index in [2.05, 4.69) is 10.2 Å². The van der Waals surface area contributed by atoms with Gasteiger partial charge in [0.2, 0.25) is 0 Å². The molecule has 0 amide bonds. The predicted octanol–water partition coefficient (Wildman–Crippen LogP) is 3.17. The Kier molecular flexibility index (Phi) is 2.93. The number of nitrogens with two attached hydrogens (primary N) is 1. The molecule has 2 aromatic carbocycles. The Morgan fingerprint density at radius 3 is 2.53 bits per heavy atom. The van der Waals surface area contributed by atoms with E-state index in [1.54, 1.807) is 18.5 Å². The molecular weight excluding hydrogens is 260 g/mol. The van der Waals surface area contributed by atoms with E-state index in [0.29, 0.717) is 22.1 Å². The van der Waals surface area contributed by atoms with E-state index in [0.717, 1.165) is 5.69 Å². The largest absolute Gasteiger partial charge is 0.398 e. The van der Waals surface area contributed by atoms with Crippen molar-refractivity contribution in [3.8, 4) is 17.1 Å². The Bertz CT molecular complexity index is 686. The number of hydrogen-bond donors (Lipinski definition) is 1. The number of aromatic nitrogens is 3. The maximum atomic E-state index is 6.22. The highest BCUT2D eigenvalue weighted by Crippen LogP contribution is 2.32. The molecular formula is C14H11ClN4. The van der Waals surface area contributed by atoms with Crippen LogP contribution in [0.5, 0.6) is 0 Å². The minimum absolute atomic E-state index is 0.560. The van der Waals surface area contributed by atoms with E-state index >= 15 is 0 Å². The van der Waals surface area contributed by atoms with Gasteiger partial charge in [-0.05, 0) is 24.3 Å². The molecule has 0 radical (unpaired) electrons. The van der Waals surface area contributed by atoms with Gasteiger partial charge in [0.1, 0.15) is 6.33 Å². The Balaban J connectivity index is 2.21. The van der Waals surface area contributed by atoms with Crippen LogP contribution >= 0.6 is 11.6 Å². The molecule has 94 valence electrons. The zero-order valence-electron chi connectivity index (χ0n) is 9.99. The van der Waals surface area contributed by atoms with Crippen molar-refractivity contribution in [3.63, 3.8) is 0 Å². The average Bonchev–Trinajstić information content (AvgIpc) is 2.89. The lowest BCUT2D eigenvalue weighted by Gasteiger charge is -2.09. The maximum Gasteiger partial charge on any atom is 0.171 e. The van der Waals surface area contributed by atoms with E-state index < -0.39 is 0 Å². The molecule has 1 heterocycles. The van der Waals surface area contributed by atoms with Crippen LogP contribution in [-0.2, 0) is 0 Å². The molecule has 4 nitrogen and oxygen atoms in total. The van der Waals surface area contributed by atoms with Gasteiger partial charge in [-0.1, -0.05) is 35.9 Å². The second-order valence-corrected chi connectivity index (χ2v) is 4.47. The number of nitrogen functional groups attached to an aromatic ring is 1. The first kappa shape index (κ1) is 11.7. The Morgan fingerprint density at radius 1 is 1.00 bits per heavy atom. The van der Waals surface area contributed by atoms with Crippen LogP contribution in [0.3, 0.4) is 0 Å². The summed E-state index contributed by atoms with van der Waals surface area (Å²) in [4.78, 5) is 0. The number of anilines is 1. The third-order valence-electron chi connectivity index (χ3n) is 2.85. The van der Waals surface area contributed by atoms with Gasteiger partial charge in [-0.2, -0.15) is 0 Å². The summed E-state index contributed by atoms with van der Waals surface area (Å²) in [6, 6.07) is 15.2. The molecule has 1 aromatic heterocycles. The lowest BCUT2D eigenvalue weighted by Crippen LogP contribution is -1.99. The molecule has 3 aromatic rings. The van der Waals surface area contributed by atoms with E-state index in [4.69, 9.17) is 17.3 Å². The summed E-state index contributed by atoms with van der Waals surface area (Å²) in [5, 5.41) is 8.65. The van der Waals surface area contributed by atoms with Crippen molar-refractivity contribution in [2.45, 2.75) is 0 Å².